The zero-order valence-corrected chi connectivity index (χ0v) is 15.2. The van der Waals surface area contributed by atoms with Crippen LogP contribution in [0.5, 0.6) is 5.75 Å². The normalized spacial score (nSPS) is 20.5. The average molecular weight is 346 g/mol. The van der Waals surface area contributed by atoms with Crippen LogP contribution in [-0.2, 0) is 16.0 Å². The summed E-state index contributed by atoms with van der Waals surface area (Å²) in [5.74, 6) is 0.836. The molecule has 2 heterocycles. The number of benzene rings is 1. The molecule has 1 unspecified atom stereocenters. The lowest BCUT2D eigenvalue weighted by Crippen LogP contribution is -2.53. The van der Waals surface area contributed by atoms with E-state index in [0.717, 1.165) is 11.3 Å². The molecule has 136 valence electrons. The Labute approximate surface area is 148 Å². The van der Waals surface area contributed by atoms with Gasteiger partial charge in [-0.15, -0.1) is 0 Å². The van der Waals surface area contributed by atoms with E-state index >= 15 is 0 Å². The van der Waals surface area contributed by atoms with E-state index in [4.69, 9.17) is 9.47 Å². The molecule has 2 aliphatic heterocycles. The Hall–Kier alpha value is -2.24. The van der Waals surface area contributed by atoms with E-state index < -0.39 is 5.60 Å². The minimum absolute atomic E-state index is 0.110. The number of rotatable bonds is 1. The number of piperazine rings is 1. The lowest BCUT2D eigenvalue weighted by atomic mass is 9.95. The number of hydrogen-bond acceptors (Lipinski definition) is 4. The molecule has 25 heavy (non-hydrogen) atoms. The Balaban J connectivity index is 1.53. The number of fused-ring (bicyclic) bond motifs is 1. The first-order chi connectivity index (χ1) is 11.8. The smallest absolute Gasteiger partial charge is 0.410 e. The maximum absolute atomic E-state index is 12.8. The fourth-order valence-corrected chi connectivity index (χ4v) is 3.18. The van der Waals surface area contributed by atoms with Crippen LogP contribution >= 0.6 is 0 Å². The standard InChI is InChI=1S/C19H26N2O4/c1-19(2,3)25-18(23)21-10-8-20(9-11-21)17(22)15-12-14-6-4-5-7-16(14)24-13-15/h4-7,15H,8-13H2,1-3H3. The van der Waals surface area contributed by atoms with Gasteiger partial charge in [-0.3, -0.25) is 4.79 Å². The Morgan fingerprint density at radius 3 is 2.40 bits per heavy atom. The molecule has 0 saturated carbocycles. The fourth-order valence-electron chi connectivity index (χ4n) is 3.18. The van der Waals surface area contributed by atoms with Gasteiger partial charge in [0.05, 0.1) is 5.92 Å². The van der Waals surface area contributed by atoms with Crippen LogP contribution in [0.2, 0.25) is 0 Å². The molecule has 1 aromatic rings. The summed E-state index contributed by atoms with van der Waals surface area (Å²) in [4.78, 5) is 28.4. The molecule has 0 aliphatic carbocycles. The summed E-state index contributed by atoms with van der Waals surface area (Å²) in [5, 5.41) is 0. The average Bonchev–Trinajstić information content (AvgIpc) is 2.59. The number of carbonyl (C=O) groups is 2. The first-order valence-corrected chi connectivity index (χ1v) is 8.81. The van der Waals surface area contributed by atoms with Gasteiger partial charge in [-0.05, 0) is 38.8 Å². The zero-order chi connectivity index (χ0) is 18.0. The van der Waals surface area contributed by atoms with Gasteiger partial charge in [0.1, 0.15) is 18.0 Å². The zero-order valence-electron chi connectivity index (χ0n) is 15.2. The lowest BCUT2D eigenvalue weighted by molar-refractivity contribution is -0.138. The molecule has 6 nitrogen and oxygen atoms in total. The van der Waals surface area contributed by atoms with Crippen molar-refractivity contribution < 1.29 is 19.1 Å². The molecular formula is C19H26N2O4. The first kappa shape index (κ1) is 17.6. The highest BCUT2D eigenvalue weighted by atomic mass is 16.6. The van der Waals surface area contributed by atoms with Crippen molar-refractivity contribution in [1.82, 2.24) is 9.80 Å². The van der Waals surface area contributed by atoms with Crippen molar-refractivity contribution >= 4 is 12.0 Å². The van der Waals surface area contributed by atoms with Crippen molar-refractivity contribution in [2.45, 2.75) is 32.8 Å². The predicted octanol–water partition coefficient (Wildman–Crippen LogP) is 2.32. The van der Waals surface area contributed by atoms with Crippen LogP contribution in [0.3, 0.4) is 0 Å². The number of para-hydroxylation sites is 1. The summed E-state index contributed by atoms with van der Waals surface area (Å²) in [6, 6.07) is 7.86. The second-order valence-corrected chi connectivity index (χ2v) is 7.61. The summed E-state index contributed by atoms with van der Waals surface area (Å²) in [6.45, 7) is 8.06. The largest absolute Gasteiger partial charge is 0.492 e. The molecular weight excluding hydrogens is 320 g/mol. The van der Waals surface area contributed by atoms with Crippen molar-refractivity contribution in [1.29, 1.82) is 0 Å². The maximum atomic E-state index is 12.8. The monoisotopic (exact) mass is 346 g/mol. The quantitative estimate of drug-likeness (QED) is 0.783. The molecule has 0 radical (unpaired) electrons. The Morgan fingerprint density at radius 2 is 1.72 bits per heavy atom. The van der Waals surface area contributed by atoms with Gasteiger partial charge in [0.15, 0.2) is 0 Å². The molecule has 1 saturated heterocycles. The third-order valence-electron chi connectivity index (χ3n) is 4.47. The minimum Gasteiger partial charge on any atom is -0.492 e. The van der Waals surface area contributed by atoms with E-state index in [2.05, 4.69) is 0 Å². The van der Waals surface area contributed by atoms with Gasteiger partial charge in [0, 0.05) is 26.2 Å². The molecule has 3 rings (SSSR count). The van der Waals surface area contributed by atoms with Crippen molar-refractivity contribution in [2.24, 2.45) is 5.92 Å². The molecule has 2 aliphatic rings. The van der Waals surface area contributed by atoms with Gasteiger partial charge in [-0.25, -0.2) is 4.79 Å². The lowest BCUT2D eigenvalue weighted by Gasteiger charge is -2.37. The number of amides is 2. The SMILES string of the molecule is CC(C)(C)OC(=O)N1CCN(C(=O)C2COc3ccccc3C2)CC1. The van der Waals surface area contributed by atoms with E-state index in [1.165, 1.54) is 0 Å². The molecule has 2 amide bonds. The highest BCUT2D eigenvalue weighted by molar-refractivity contribution is 5.80. The molecule has 1 fully saturated rings. The summed E-state index contributed by atoms with van der Waals surface area (Å²) >= 11 is 0. The van der Waals surface area contributed by atoms with Crippen LogP contribution in [-0.4, -0.2) is 60.2 Å². The maximum Gasteiger partial charge on any atom is 0.410 e. The topological polar surface area (TPSA) is 59.1 Å². The van der Waals surface area contributed by atoms with E-state index in [-0.39, 0.29) is 17.9 Å². The second kappa shape index (κ2) is 6.94. The van der Waals surface area contributed by atoms with E-state index in [9.17, 15) is 9.59 Å². The van der Waals surface area contributed by atoms with Crippen LogP contribution in [0, 0.1) is 5.92 Å². The Morgan fingerprint density at radius 1 is 1.08 bits per heavy atom. The third kappa shape index (κ3) is 4.24. The minimum atomic E-state index is -0.503. The van der Waals surface area contributed by atoms with Gasteiger partial charge >= 0.3 is 6.09 Å². The summed E-state index contributed by atoms with van der Waals surface area (Å²) < 4.78 is 11.1. The highest BCUT2D eigenvalue weighted by Gasteiger charge is 2.33. The predicted molar refractivity (Wildman–Crippen MR) is 93.5 cm³/mol. The summed E-state index contributed by atoms with van der Waals surface area (Å²) in [5.41, 5.74) is 0.580. The second-order valence-electron chi connectivity index (χ2n) is 7.61. The number of carbonyl (C=O) groups excluding carboxylic acids is 2. The van der Waals surface area contributed by atoms with Crippen LogP contribution < -0.4 is 4.74 Å². The summed E-state index contributed by atoms with van der Waals surface area (Å²) in [6.07, 6.45) is 0.399. The number of nitrogens with zero attached hydrogens (tertiary/aromatic N) is 2. The van der Waals surface area contributed by atoms with Gasteiger partial charge in [-0.1, -0.05) is 18.2 Å². The van der Waals surface area contributed by atoms with Gasteiger partial charge in [0.2, 0.25) is 5.91 Å². The van der Waals surface area contributed by atoms with Crippen molar-refractivity contribution in [2.75, 3.05) is 32.8 Å². The van der Waals surface area contributed by atoms with E-state index in [1.807, 2.05) is 49.9 Å². The Bertz CT molecular complexity index is 645. The fraction of sp³-hybridized carbons (Fsp3) is 0.579. The molecule has 0 spiro atoms. The Kier molecular flexibility index (Phi) is 4.88. The van der Waals surface area contributed by atoms with Gasteiger partial charge < -0.3 is 19.3 Å². The van der Waals surface area contributed by atoms with Gasteiger partial charge in [0.25, 0.3) is 0 Å². The molecule has 0 N–H and O–H groups in total. The molecule has 1 atom stereocenters. The van der Waals surface area contributed by atoms with Crippen LogP contribution in [0.4, 0.5) is 4.79 Å². The van der Waals surface area contributed by atoms with Crippen molar-refractivity contribution in [3.63, 3.8) is 0 Å². The van der Waals surface area contributed by atoms with Crippen LogP contribution in [0.1, 0.15) is 26.3 Å². The summed E-state index contributed by atoms with van der Waals surface area (Å²) in [7, 11) is 0. The van der Waals surface area contributed by atoms with Crippen molar-refractivity contribution in [3.8, 4) is 5.75 Å². The third-order valence-corrected chi connectivity index (χ3v) is 4.47. The highest BCUT2D eigenvalue weighted by Crippen LogP contribution is 2.28. The number of hydrogen-bond donors (Lipinski definition) is 0. The van der Waals surface area contributed by atoms with E-state index in [1.54, 1.807) is 4.90 Å². The van der Waals surface area contributed by atoms with Crippen LogP contribution in [0.15, 0.2) is 24.3 Å². The number of ether oxygens (including phenoxy) is 2. The molecule has 0 bridgehead atoms. The van der Waals surface area contributed by atoms with E-state index in [0.29, 0.717) is 39.2 Å². The first-order valence-electron chi connectivity index (χ1n) is 8.81. The molecule has 6 heteroatoms. The van der Waals surface area contributed by atoms with Gasteiger partial charge in [-0.2, -0.15) is 0 Å². The molecule has 1 aromatic carbocycles. The molecule has 0 aromatic heterocycles. The van der Waals surface area contributed by atoms with Crippen LogP contribution in [0.25, 0.3) is 0 Å². The van der Waals surface area contributed by atoms with Crippen molar-refractivity contribution in [3.05, 3.63) is 29.8 Å².